The number of nitrogens with one attached hydrogen (secondary N) is 1. The van der Waals surface area contributed by atoms with E-state index in [-0.39, 0.29) is 0 Å². The second kappa shape index (κ2) is 6.85. The van der Waals surface area contributed by atoms with Crippen molar-refractivity contribution in [2.75, 3.05) is 66.5 Å². The van der Waals surface area contributed by atoms with Crippen molar-refractivity contribution in [2.24, 2.45) is 5.73 Å². The molecule has 0 aromatic carbocycles. The number of likely N-dealkylation sites (N-methyl/N-ethyl adjacent to an activating group) is 2. The summed E-state index contributed by atoms with van der Waals surface area (Å²) in [6.45, 7) is 14.2. The minimum absolute atomic E-state index is 0.751. The van der Waals surface area contributed by atoms with Crippen LogP contribution in [0, 0.1) is 0 Å². The molecule has 0 aliphatic carbocycles. The largest absolute Gasteiger partial charge is 0.330 e. The lowest BCUT2D eigenvalue weighted by atomic mass is 10.1. The van der Waals surface area contributed by atoms with Crippen LogP contribution >= 0.6 is 0 Å². The van der Waals surface area contributed by atoms with Crippen LogP contribution in [0.25, 0.3) is 0 Å². The minimum atomic E-state index is 0.751. The molecule has 1 aliphatic rings. The summed E-state index contributed by atoms with van der Waals surface area (Å²) in [5.41, 5.74) is 5.49. The highest BCUT2D eigenvalue weighted by molar-refractivity contribution is 4.55. The van der Waals surface area contributed by atoms with E-state index < -0.39 is 0 Å². The monoisotopic (exact) mass is 258 g/mol. The van der Waals surface area contributed by atoms with Gasteiger partial charge in [0.05, 0.1) is 26.7 Å². The van der Waals surface area contributed by atoms with Crippen LogP contribution in [0.1, 0.15) is 20.3 Å². The first-order chi connectivity index (χ1) is 8.42. The number of hydrogen-bond donors (Lipinski definition) is 2. The Morgan fingerprint density at radius 1 is 1.06 bits per heavy atom. The van der Waals surface area contributed by atoms with E-state index in [1.807, 2.05) is 0 Å². The molecule has 1 saturated heterocycles. The molecule has 1 fully saturated rings. The van der Waals surface area contributed by atoms with E-state index in [2.05, 4.69) is 33.3 Å². The van der Waals surface area contributed by atoms with Crippen LogP contribution in [0.3, 0.4) is 0 Å². The van der Waals surface area contributed by atoms with Gasteiger partial charge in [-0.2, -0.15) is 0 Å². The number of nitrogens with zero attached hydrogens (tertiary/aromatic N) is 2. The van der Waals surface area contributed by atoms with Gasteiger partial charge in [-0.15, -0.1) is 0 Å². The van der Waals surface area contributed by atoms with Crippen molar-refractivity contribution in [1.29, 1.82) is 0 Å². The molecule has 18 heavy (non-hydrogen) atoms. The average molecular weight is 258 g/mol. The SMILES string of the molecule is CC(C)[N+]1(C)CC[N+](C)(CCNCCCN)CC1. The van der Waals surface area contributed by atoms with Crippen molar-refractivity contribution in [1.82, 2.24) is 5.32 Å². The van der Waals surface area contributed by atoms with Crippen molar-refractivity contribution in [2.45, 2.75) is 26.3 Å². The molecule has 0 bridgehead atoms. The third kappa shape index (κ3) is 4.50. The Balaban J connectivity index is 2.27. The maximum atomic E-state index is 5.49. The highest BCUT2D eigenvalue weighted by atomic mass is 15.5. The number of nitrogens with two attached hydrogens (primary N) is 1. The molecule has 0 radical (unpaired) electrons. The van der Waals surface area contributed by atoms with Crippen molar-refractivity contribution < 1.29 is 8.97 Å². The third-order valence-corrected chi connectivity index (χ3v) is 4.93. The summed E-state index contributed by atoms with van der Waals surface area (Å²) in [7, 11) is 4.82. The van der Waals surface area contributed by atoms with E-state index in [1.165, 1.54) is 41.7 Å². The van der Waals surface area contributed by atoms with Gasteiger partial charge in [0.1, 0.15) is 26.2 Å². The summed E-state index contributed by atoms with van der Waals surface area (Å²) < 4.78 is 2.48. The van der Waals surface area contributed by atoms with Gasteiger partial charge in [0, 0.05) is 6.54 Å². The first-order valence-electron chi connectivity index (χ1n) is 7.50. The van der Waals surface area contributed by atoms with Gasteiger partial charge < -0.3 is 20.0 Å². The van der Waals surface area contributed by atoms with E-state index >= 15 is 0 Å². The molecular weight excluding hydrogens is 224 g/mol. The zero-order valence-corrected chi connectivity index (χ0v) is 12.9. The van der Waals surface area contributed by atoms with E-state index in [9.17, 15) is 0 Å². The summed E-state index contributed by atoms with van der Waals surface area (Å²) in [5, 5.41) is 3.50. The quantitative estimate of drug-likeness (QED) is 0.507. The number of quaternary nitrogens is 2. The van der Waals surface area contributed by atoms with Gasteiger partial charge in [0.25, 0.3) is 0 Å². The van der Waals surface area contributed by atoms with Gasteiger partial charge in [0.15, 0.2) is 0 Å². The van der Waals surface area contributed by atoms with Crippen LogP contribution in [-0.2, 0) is 0 Å². The van der Waals surface area contributed by atoms with Crippen molar-refractivity contribution in [3.8, 4) is 0 Å². The summed E-state index contributed by atoms with van der Waals surface area (Å²) in [6.07, 6.45) is 1.09. The van der Waals surface area contributed by atoms with Crippen LogP contribution in [0.4, 0.5) is 0 Å². The molecular formula is C14H34N4+2. The summed E-state index contributed by atoms with van der Waals surface area (Å²) >= 11 is 0. The summed E-state index contributed by atoms with van der Waals surface area (Å²) in [4.78, 5) is 0. The van der Waals surface area contributed by atoms with Crippen LogP contribution in [-0.4, -0.2) is 81.5 Å². The fraction of sp³-hybridized carbons (Fsp3) is 1.00. The van der Waals surface area contributed by atoms with Crippen molar-refractivity contribution in [3.05, 3.63) is 0 Å². The molecule has 0 saturated carbocycles. The van der Waals surface area contributed by atoms with Crippen molar-refractivity contribution in [3.63, 3.8) is 0 Å². The normalized spacial score (nSPS) is 33.0. The molecule has 108 valence electrons. The van der Waals surface area contributed by atoms with E-state index in [4.69, 9.17) is 5.73 Å². The van der Waals surface area contributed by atoms with Crippen LogP contribution < -0.4 is 11.1 Å². The first-order valence-corrected chi connectivity index (χ1v) is 7.50. The maximum Gasteiger partial charge on any atom is 0.129 e. The summed E-state index contributed by atoms with van der Waals surface area (Å²) in [5.74, 6) is 0. The summed E-state index contributed by atoms with van der Waals surface area (Å²) in [6, 6.07) is 0.751. The highest BCUT2D eigenvalue weighted by Gasteiger charge is 2.38. The highest BCUT2D eigenvalue weighted by Crippen LogP contribution is 2.18. The lowest BCUT2D eigenvalue weighted by molar-refractivity contribution is -1.02. The molecule has 1 heterocycles. The van der Waals surface area contributed by atoms with Gasteiger partial charge in [-0.05, 0) is 33.4 Å². The zero-order valence-electron chi connectivity index (χ0n) is 12.9. The second-order valence-electron chi connectivity index (χ2n) is 6.70. The maximum absolute atomic E-state index is 5.49. The average Bonchev–Trinajstić information content (AvgIpc) is 2.33. The molecule has 0 amide bonds. The predicted octanol–water partition coefficient (Wildman–Crippen LogP) is 0.240. The van der Waals surface area contributed by atoms with Crippen LogP contribution in [0.5, 0.6) is 0 Å². The lowest BCUT2D eigenvalue weighted by Crippen LogP contribution is -2.66. The topological polar surface area (TPSA) is 38.0 Å². The van der Waals surface area contributed by atoms with E-state index in [0.29, 0.717) is 0 Å². The smallest absolute Gasteiger partial charge is 0.129 e. The molecule has 4 nitrogen and oxygen atoms in total. The molecule has 0 spiro atoms. The Labute approximate surface area is 113 Å². The number of hydrogen-bond acceptors (Lipinski definition) is 2. The molecule has 0 atom stereocenters. The van der Waals surface area contributed by atoms with Gasteiger partial charge in [0.2, 0.25) is 0 Å². The zero-order chi connectivity index (χ0) is 13.6. The van der Waals surface area contributed by atoms with Gasteiger partial charge in [-0.1, -0.05) is 0 Å². The van der Waals surface area contributed by atoms with E-state index in [0.717, 1.165) is 32.1 Å². The van der Waals surface area contributed by atoms with Crippen LogP contribution in [0.2, 0.25) is 0 Å². The predicted molar refractivity (Wildman–Crippen MR) is 78.4 cm³/mol. The third-order valence-electron chi connectivity index (χ3n) is 4.93. The molecule has 3 N–H and O–H groups in total. The standard InChI is InChI=1S/C14H34N4/c1-14(2)18(4)12-10-17(3,11-13-18)9-8-16-7-5-6-15/h14,16H,5-13,15H2,1-4H3/q+2. The fourth-order valence-corrected chi connectivity index (χ4v) is 2.60. The lowest BCUT2D eigenvalue weighted by Gasteiger charge is -2.48. The Morgan fingerprint density at radius 3 is 2.17 bits per heavy atom. The van der Waals surface area contributed by atoms with Crippen molar-refractivity contribution >= 4 is 0 Å². The van der Waals surface area contributed by atoms with E-state index in [1.54, 1.807) is 0 Å². The number of piperazine rings is 1. The molecule has 1 rings (SSSR count). The molecule has 0 aromatic heterocycles. The van der Waals surface area contributed by atoms with Crippen LogP contribution in [0.15, 0.2) is 0 Å². The van der Waals surface area contributed by atoms with Gasteiger partial charge in [-0.25, -0.2) is 0 Å². The first kappa shape index (κ1) is 15.9. The Hall–Kier alpha value is -0.160. The second-order valence-corrected chi connectivity index (χ2v) is 6.70. The Bertz CT molecular complexity index is 232. The number of rotatable bonds is 7. The molecule has 4 heteroatoms. The fourth-order valence-electron chi connectivity index (χ4n) is 2.60. The van der Waals surface area contributed by atoms with Gasteiger partial charge >= 0.3 is 0 Å². The molecule has 0 aromatic rings. The molecule has 1 aliphatic heterocycles. The van der Waals surface area contributed by atoms with Gasteiger partial charge in [-0.3, -0.25) is 0 Å². The molecule has 0 unspecified atom stereocenters. The Morgan fingerprint density at radius 2 is 1.67 bits per heavy atom. The minimum Gasteiger partial charge on any atom is -0.330 e. The Kier molecular flexibility index (Phi) is 6.05.